The molecule has 5 nitrogen and oxygen atoms in total. The summed E-state index contributed by atoms with van der Waals surface area (Å²) >= 11 is 0. The van der Waals surface area contributed by atoms with Crippen LogP contribution in [0.15, 0.2) is 24.4 Å². The summed E-state index contributed by atoms with van der Waals surface area (Å²) in [5, 5.41) is 18.0. The lowest BCUT2D eigenvalue weighted by Gasteiger charge is -2.06. The van der Waals surface area contributed by atoms with Crippen molar-refractivity contribution in [2.45, 2.75) is 19.4 Å². The average molecular weight is 220 g/mol. The summed E-state index contributed by atoms with van der Waals surface area (Å²) in [4.78, 5) is 14.9. The van der Waals surface area contributed by atoms with Crippen molar-refractivity contribution in [3.8, 4) is 0 Å². The second kappa shape index (κ2) is 3.94. The van der Waals surface area contributed by atoms with Crippen LogP contribution in [-0.2, 0) is 11.2 Å². The molecule has 0 spiro atoms. The highest BCUT2D eigenvalue weighted by molar-refractivity contribution is 5.72. The first-order valence-corrected chi connectivity index (χ1v) is 4.93. The van der Waals surface area contributed by atoms with Gasteiger partial charge in [-0.15, -0.1) is 0 Å². The molecule has 16 heavy (non-hydrogen) atoms. The number of aliphatic hydroxyl groups is 1. The number of aryl methyl sites for hydroxylation is 1. The third-order valence-electron chi connectivity index (χ3n) is 2.50. The Hall–Kier alpha value is -1.88. The van der Waals surface area contributed by atoms with Crippen molar-refractivity contribution in [2.75, 3.05) is 0 Å². The number of nitrogens with zero attached hydrogens (tertiary/aromatic N) is 2. The fourth-order valence-corrected chi connectivity index (χ4v) is 1.68. The van der Waals surface area contributed by atoms with Gasteiger partial charge in [0.25, 0.3) is 0 Å². The molecule has 1 unspecified atom stereocenters. The van der Waals surface area contributed by atoms with E-state index < -0.39 is 12.1 Å². The van der Waals surface area contributed by atoms with Crippen molar-refractivity contribution >= 4 is 11.6 Å². The van der Waals surface area contributed by atoms with Gasteiger partial charge in [-0.3, -0.25) is 0 Å². The Balaban J connectivity index is 2.43. The van der Waals surface area contributed by atoms with E-state index in [9.17, 15) is 9.90 Å². The van der Waals surface area contributed by atoms with Gasteiger partial charge in [0.15, 0.2) is 6.10 Å². The highest BCUT2D eigenvalue weighted by Gasteiger charge is 2.18. The summed E-state index contributed by atoms with van der Waals surface area (Å²) in [6.45, 7) is 1.80. The zero-order valence-corrected chi connectivity index (χ0v) is 8.79. The number of aromatic nitrogens is 2. The number of carboxylic acid groups (broad SMARTS) is 1. The lowest BCUT2D eigenvalue weighted by atomic mass is 10.1. The van der Waals surface area contributed by atoms with Crippen LogP contribution in [0.5, 0.6) is 0 Å². The van der Waals surface area contributed by atoms with E-state index in [1.165, 1.54) is 0 Å². The summed E-state index contributed by atoms with van der Waals surface area (Å²) in [6, 6.07) is 5.54. The first-order valence-electron chi connectivity index (χ1n) is 4.93. The van der Waals surface area contributed by atoms with Crippen LogP contribution < -0.4 is 0 Å². The molecule has 0 aliphatic carbocycles. The van der Waals surface area contributed by atoms with Crippen LogP contribution in [0.25, 0.3) is 5.65 Å². The minimum absolute atomic E-state index is 0.0619. The second-order valence-corrected chi connectivity index (χ2v) is 3.63. The second-order valence-electron chi connectivity index (χ2n) is 3.63. The molecule has 0 saturated heterocycles. The van der Waals surface area contributed by atoms with Gasteiger partial charge in [0.2, 0.25) is 0 Å². The molecular formula is C11H12N2O3. The largest absolute Gasteiger partial charge is 0.479 e. The molecule has 0 amide bonds. The van der Waals surface area contributed by atoms with E-state index in [0.29, 0.717) is 0 Å². The maximum Gasteiger partial charge on any atom is 0.332 e. The van der Waals surface area contributed by atoms with Crippen molar-refractivity contribution in [3.63, 3.8) is 0 Å². The van der Waals surface area contributed by atoms with Gasteiger partial charge in [-0.05, 0) is 19.1 Å². The van der Waals surface area contributed by atoms with E-state index in [0.717, 1.165) is 17.0 Å². The molecule has 0 aliphatic heterocycles. The molecule has 2 N–H and O–H groups in total. The van der Waals surface area contributed by atoms with Crippen molar-refractivity contribution in [3.05, 3.63) is 35.8 Å². The average Bonchev–Trinajstić information content (AvgIpc) is 2.55. The number of carboxylic acids is 1. The van der Waals surface area contributed by atoms with Crippen LogP contribution in [0.2, 0.25) is 0 Å². The predicted molar refractivity (Wildman–Crippen MR) is 57.3 cm³/mol. The van der Waals surface area contributed by atoms with Gasteiger partial charge in [-0.1, -0.05) is 6.07 Å². The Morgan fingerprint density at radius 2 is 2.31 bits per heavy atom. The Morgan fingerprint density at radius 3 is 3.00 bits per heavy atom. The van der Waals surface area contributed by atoms with E-state index >= 15 is 0 Å². The Morgan fingerprint density at radius 1 is 1.56 bits per heavy atom. The molecular weight excluding hydrogens is 208 g/mol. The Bertz CT molecular complexity index is 533. The maximum atomic E-state index is 10.6. The number of aliphatic carboxylic acids is 1. The summed E-state index contributed by atoms with van der Waals surface area (Å²) < 4.78 is 1.79. The van der Waals surface area contributed by atoms with Gasteiger partial charge in [-0.2, -0.15) is 0 Å². The minimum atomic E-state index is -1.39. The van der Waals surface area contributed by atoms with Crippen LogP contribution in [0.4, 0.5) is 0 Å². The quantitative estimate of drug-likeness (QED) is 0.795. The van der Waals surface area contributed by atoms with E-state index in [4.69, 9.17) is 5.11 Å². The number of hydrogen-bond donors (Lipinski definition) is 2. The third kappa shape index (κ3) is 1.77. The summed E-state index contributed by atoms with van der Waals surface area (Å²) in [5.74, 6) is -1.22. The number of imidazole rings is 1. The van der Waals surface area contributed by atoms with Gasteiger partial charge in [-0.25, -0.2) is 9.78 Å². The van der Waals surface area contributed by atoms with Crippen LogP contribution in [0.1, 0.15) is 11.4 Å². The highest BCUT2D eigenvalue weighted by Crippen LogP contribution is 2.13. The number of hydrogen-bond acceptors (Lipinski definition) is 3. The smallest absolute Gasteiger partial charge is 0.332 e. The monoisotopic (exact) mass is 220 g/mol. The standard InChI is InChI=1S/C11H12N2O3/c1-7-8(6-9(14)11(15)16)13-5-3-2-4-10(13)12-7/h2-5,9,14H,6H2,1H3,(H,15,16). The molecule has 2 rings (SSSR count). The number of fused-ring (bicyclic) bond motifs is 1. The Kier molecular flexibility index (Phi) is 2.62. The zero-order valence-electron chi connectivity index (χ0n) is 8.79. The van der Waals surface area contributed by atoms with Crippen LogP contribution in [-0.4, -0.2) is 31.7 Å². The summed E-state index contributed by atoms with van der Waals surface area (Å²) in [7, 11) is 0. The van der Waals surface area contributed by atoms with Crippen LogP contribution in [0.3, 0.4) is 0 Å². The van der Waals surface area contributed by atoms with E-state index in [-0.39, 0.29) is 6.42 Å². The maximum absolute atomic E-state index is 10.6. The molecule has 0 saturated carbocycles. The topological polar surface area (TPSA) is 74.8 Å². The molecule has 5 heteroatoms. The first kappa shape index (κ1) is 10.6. The third-order valence-corrected chi connectivity index (χ3v) is 2.50. The fourth-order valence-electron chi connectivity index (χ4n) is 1.68. The number of carbonyl (C=O) groups is 1. The van der Waals surface area contributed by atoms with Crippen molar-refractivity contribution in [2.24, 2.45) is 0 Å². The van der Waals surface area contributed by atoms with Crippen LogP contribution in [0, 0.1) is 6.92 Å². The predicted octanol–water partition coefficient (Wildman–Crippen LogP) is 0.631. The summed E-state index contributed by atoms with van der Waals surface area (Å²) in [6.07, 6.45) is 0.477. The van der Waals surface area contributed by atoms with E-state index in [1.807, 2.05) is 18.2 Å². The molecule has 2 heterocycles. The minimum Gasteiger partial charge on any atom is -0.479 e. The molecule has 84 valence electrons. The first-order chi connectivity index (χ1) is 7.59. The van der Waals surface area contributed by atoms with E-state index in [1.54, 1.807) is 17.5 Å². The van der Waals surface area contributed by atoms with Gasteiger partial charge < -0.3 is 14.6 Å². The van der Waals surface area contributed by atoms with Gasteiger partial charge >= 0.3 is 5.97 Å². The van der Waals surface area contributed by atoms with Crippen molar-refractivity contribution in [1.82, 2.24) is 9.38 Å². The highest BCUT2D eigenvalue weighted by atomic mass is 16.4. The molecule has 0 bridgehead atoms. The molecule has 0 aromatic carbocycles. The number of aliphatic hydroxyl groups excluding tert-OH is 1. The lowest BCUT2D eigenvalue weighted by Crippen LogP contribution is -2.23. The number of rotatable bonds is 3. The molecule has 2 aromatic heterocycles. The fraction of sp³-hybridized carbons (Fsp3) is 0.273. The van der Waals surface area contributed by atoms with Crippen molar-refractivity contribution in [1.29, 1.82) is 0 Å². The van der Waals surface area contributed by atoms with Crippen LogP contribution >= 0.6 is 0 Å². The van der Waals surface area contributed by atoms with E-state index in [2.05, 4.69) is 4.98 Å². The molecule has 2 aromatic rings. The molecule has 0 aliphatic rings. The van der Waals surface area contributed by atoms with Crippen molar-refractivity contribution < 1.29 is 15.0 Å². The SMILES string of the molecule is Cc1nc2ccccn2c1CC(O)C(=O)O. The van der Waals surface area contributed by atoms with Gasteiger partial charge in [0.1, 0.15) is 5.65 Å². The van der Waals surface area contributed by atoms with Gasteiger partial charge in [0.05, 0.1) is 5.69 Å². The summed E-state index contributed by atoms with van der Waals surface area (Å²) in [5.41, 5.74) is 2.23. The molecule has 0 radical (unpaired) electrons. The Labute approximate surface area is 92.0 Å². The molecule has 1 atom stereocenters. The number of pyridine rings is 1. The molecule has 0 fully saturated rings. The normalized spacial score (nSPS) is 12.9. The lowest BCUT2D eigenvalue weighted by molar-refractivity contribution is -0.146. The van der Waals surface area contributed by atoms with Gasteiger partial charge in [0, 0.05) is 18.3 Å². The zero-order chi connectivity index (χ0) is 11.7.